The number of pyridine rings is 1. The van der Waals surface area contributed by atoms with E-state index in [-0.39, 0.29) is 17.0 Å². The Hall–Kier alpha value is -3.53. The van der Waals surface area contributed by atoms with Crippen molar-refractivity contribution in [2.45, 2.75) is 6.92 Å². The van der Waals surface area contributed by atoms with Crippen LogP contribution in [-0.4, -0.2) is 28.6 Å². The third-order valence-corrected chi connectivity index (χ3v) is 4.64. The van der Waals surface area contributed by atoms with Gasteiger partial charge in [-0.15, -0.1) is 0 Å². The molecular weight excluding hydrogens is 461 g/mol. The van der Waals surface area contributed by atoms with Gasteiger partial charge in [0.15, 0.2) is 12.4 Å². The molecule has 4 aromatic rings. The maximum atomic E-state index is 13.9. The summed E-state index contributed by atoms with van der Waals surface area (Å²) in [5.41, 5.74) is 1.01. The predicted octanol–water partition coefficient (Wildman–Crippen LogP) is 4.49. The summed E-state index contributed by atoms with van der Waals surface area (Å²) < 4.78 is 30.0. The van der Waals surface area contributed by atoms with Gasteiger partial charge in [-0.2, -0.15) is 0 Å². The second kappa shape index (κ2) is 8.07. The molecule has 1 N–H and O–H groups in total. The van der Waals surface area contributed by atoms with Crippen LogP contribution >= 0.6 is 15.9 Å². The Morgan fingerprint density at radius 1 is 1.27 bits per heavy atom. The lowest BCUT2D eigenvalue weighted by atomic mass is 10.1. The van der Waals surface area contributed by atoms with Crippen LogP contribution in [0, 0.1) is 12.7 Å². The number of amides is 1. The fourth-order valence-electron chi connectivity index (χ4n) is 2.79. The molecule has 0 atom stereocenters. The highest BCUT2D eigenvalue weighted by Gasteiger charge is 2.22. The summed E-state index contributed by atoms with van der Waals surface area (Å²) in [6, 6.07) is 8.99. The molecule has 0 saturated carbocycles. The first-order valence-electron chi connectivity index (χ1n) is 8.65. The molecule has 0 aliphatic heterocycles. The molecule has 0 saturated heterocycles. The molecular formula is C20H13BrFN3O5. The molecule has 1 amide bonds. The van der Waals surface area contributed by atoms with E-state index in [2.05, 4.69) is 31.4 Å². The summed E-state index contributed by atoms with van der Waals surface area (Å²) in [5, 5.41) is 6.55. The number of nitrogens with zero attached hydrogens (tertiary/aromatic N) is 2. The van der Waals surface area contributed by atoms with Crippen LogP contribution in [-0.2, 0) is 9.53 Å². The second-order valence-electron chi connectivity index (χ2n) is 6.23. The molecule has 0 radical (unpaired) electrons. The SMILES string of the molecule is Cc1noc2nc(-c3ccco3)cc(C(=O)OCC(=O)Nc3ccc(Br)cc3F)c12. The number of nitrogens with one attached hydrogen (secondary N) is 1. The molecule has 1 aromatic carbocycles. The number of esters is 1. The monoisotopic (exact) mass is 473 g/mol. The molecule has 0 aliphatic rings. The lowest BCUT2D eigenvalue weighted by Gasteiger charge is -2.09. The zero-order valence-corrected chi connectivity index (χ0v) is 17.0. The zero-order chi connectivity index (χ0) is 21.3. The zero-order valence-electron chi connectivity index (χ0n) is 15.4. The number of furan rings is 1. The van der Waals surface area contributed by atoms with Crippen molar-refractivity contribution in [2.75, 3.05) is 11.9 Å². The number of halogens is 2. The van der Waals surface area contributed by atoms with Crippen LogP contribution in [0.4, 0.5) is 10.1 Å². The average molecular weight is 474 g/mol. The van der Waals surface area contributed by atoms with Gasteiger partial charge in [0.1, 0.15) is 11.5 Å². The smallest absolute Gasteiger partial charge is 0.339 e. The molecule has 0 unspecified atom stereocenters. The van der Waals surface area contributed by atoms with Crippen LogP contribution in [0.1, 0.15) is 16.1 Å². The topological polar surface area (TPSA) is 107 Å². The fraction of sp³-hybridized carbons (Fsp3) is 0.100. The van der Waals surface area contributed by atoms with E-state index in [0.29, 0.717) is 27.0 Å². The van der Waals surface area contributed by atoms with Crippen molar-refractivity contribution >= 4 is 44.6 Å². The summed E-state index contributed by atoms with van der Waals surface area (Å²) in [7, 11) is 0. The number of hydrogen-bond donors (Lipinski definition) is 1. The van der Waals surface area contributed by atoms with E-state index in [4.69, 9.17) is 13.7 Å². The van der Waals surface area contributed by atoms with Crippen molar-refractivity contribution in [2.24, 2.45) is 0 Å². The van der Waals surface area contributed by atoms with E-state index in [1.54, 1.807) is 25.1 Å². The molecule has 30 heavy (non-hydrogen) atoms. The van der Waals surface area contributed by atoms with Crippen LogP contribution in [0.15, 0.2) is 56.1 Å². The van der Waals surface area contributed by atoms with E-state index in [1.807, 2.05) is 0 Å². The van der Waals surface area contributed by atoms with Gasteiger partial charge >= 0.3 is 5.97 Å². The van der Waals surface area contributed by atoms with E-state index in [1.165, 1.54) is 24.5 Å². The number of ether oxygens (including phenoxy) is 1. The molecule has 3 heterocycles. The number of hydrogen-bond acceptors (Lipinski definition) is 7. The Bertz CT molecular complexity index is 1250. The Labute approximate surface area is 177 Å². The summed E-state index contributed by atoms with van der Waals surface area (Å²) >= 11 is 3.13. The van der Waals surface area contributed by atoms with Crippen molar-refractivity contribution in [1.82, 2.24) is 10.1 Å². The number of aryl methyl sites for hydroxylation is 1. The molecule has 0 aliphatic carbocycles. The number of aromatic nitrogens is 2. The Balaban J connectivity index is 1.54. The molecule has 8 nitrogen and oxygen atoms in total. The third-order valence-electron chi connectivity index (χ3n) is 4.15. The van der Waals surface area contributed by atoms with Crippen molar-refractivity contribution < 1.29 is 27.7 Å². The van der Waals surface area contributed by atoms with Crippen LogP contribution in [0.2, 0.25) is 0 Å². The summed E-state index contributed by atoms with van der Waals surface area (Å²) in [5.74, 6) is -1.68. The molecule has 152 valence electrons. The fourth-order valence-corrected chi connectivity index (χ4v) is 3.13. The second-order valence-corrected chi connectivity index (χ2v) is 7.14. The van der Waals surface area contributed by atoms with E-state index in [9.17, 15) is 14.0 Å². The predicted molar refractivity (Wildman–Crippen MR) is 107 cm³/mol. The maximum absolute atomic E-state index is 13.9. The third kappa shape index (κ3) is 3.94. The first-order chi connectivity index (χ1) is 14.4. The van der Waals surface area contributed by atoms with Gasteiger partial charge in [-0.3, -0.25) is 4.79 Å². The number of carbonyl (C=O) groups is 2. The molecule has 0 bridgehead atoms. The number of fused-ring (bicyclic) bond motifs is 1. The van der Waals surface area contributed by atoms with Gasteiger partial charge in [-0.1, -0.05) is 21.1 Å². The maximum Gasteiger partial charge on any atom is 0.339 e. The van der Waals surface area contributed by atoms with Crippen molar-refractivity contribution in [3.05, 3.63) is 64.2 Å². The van der Waals surface area contributed by atoms with Crippen LogP contribution in [0.3, 0.4) is 0 Å². The van der Waals surface area contributed by atoms with Gasteiger partial charge in [0.05, 0.1) is 28.6 Å². The largest absolute Gasteiger partial charge is 0.463 e. The van der Waals surface area contributed by atoms with Crippen LogP contribution < -0.4 is 5.32 Å². The first-order valence-corrected chi connectivity index (χ1v) is 9.44. The van der Waals surface area contributed by atoms with E-state index >= 15 is 0 Å². The normalized spacial score (nSPS) is 10.9. The van der Waals surface area contributed by atoms with Gasteiger partial charge in [0.2, 0.25) is 0 Å². The van der Waals surface area contributed by atoms with Crippen molar-refractivity contribution in [3.63, 3.8) is 0 Å². The van der Waals surface area contributed by atoms with E-state index in [0.717, 1.165) is 0 Å². The highest BCUT2D eigenvalue weighted by Crippen LogP contribution is 2.28. The standard InChI is InChI=1S/C20H13BrFN3O5/c1-10-18-12(8-15(16-3-2-6-28-16)24-19(18)30-25-10)20(27)29-9-17(26)23-14-5-4-11(21)7-13(14)22/h2-8H,9H2,1H3,(H,23,26). The Morgan fingerprint density at radius 2 is 2.10 bits per heavy atom. The van der Waals surface area contributed by atoms with Gasteiger partial charge in [0.25, 0.3) is 11.6 Å². The number of rotatable bonds is 5. The molecule has 0 fully saturated rings. The lowest BCUT2D eigenvalue weighted by molar-refractivity contribution is -0.119. The molecule has 10 heteroatoms. The van der Waals surface area contributed by atoms with Crippen molar-refractivity contribution in [1.29, 1.82) is 0 Å². The lowest BCUT2D eigenvalue weighted by Crippen LogP contribution is -2.21. The highest BCUT2D eigenvalue weighted by molar-refractivity contribution is 9.10. The quantitative estimate of drug-likeness (QED) is 0.425. The van der Waals surface area contributed by atoms with Gasteiger partial charge < -0.3 is 19.0 Å². The van der Waals surface area contributed by atoms with Gasteiger partial charge in [0, 0.05) is 4.47 Å². The number of benzene rings is 1. The minimum atomic E-state index is -0.784. The molecule has 0 spiro atoms. The van der Waals surface area contributed by atoms with Crippen LogP contribution in [0.5, 0.6) is 0 Å². The summed E-state index contributed by atoms with van der Waals surface area (Å²) in [6.45, 7) is 1.04. The Morgan fingerprint density at radius 3 is 2.83 bits per heavy atom. The summed E-state index contributed by atoms with van der Waals surface area (Å²) in [4.78, 5) is 29.1. The first kappa shape index (κ1) is 19.8. The van der Waals surface area contributed by atoms with E-state index < -0.39 is 24.3 Å². The van der Waals surface area contributed by atoms with Crippen molar-refractivity contribution in [3.8, 4) is 11.5 Å². The van der Waals surface area contributed by atoms with Crippen LogP contribution in [0.25, 0.3) is 22.6 Å². The summed E-state index contributed by atoms with van der Waals surface area (Å²) in [6.07, 6.45) is 1.47. The minimum absolute atomic E-state index is 0.0273. The molecule has 4 rings (SSSR count). The number of carbonyl (C=O) groups excluding carboxylic acids is 2. The average Bonchev–Trinajstić information content (AvgIpc) is 3.38. The highest BCUT2D eigenvalue weighted by atomic mass is 79.9. The molecule has 3 aromatic heterocycles. The minimum Gasteiger partial charge on any atom is -0.463 e. The Kier molecular flexibility index (Phi) is 5.32. The van der Waals surface area contributed by atoms with Gasteiger partial charge in [-0.25, -0.2) is 14.2 Å². The van der Waals surface area contributed by atoms with Gasteiger partial charge in [-0.05, 0) is 43.3 Å². The number of anilines is 1.